The second-order valence-electron chi connectivity index (χ2n) is 6.64. The molecule has 1 fully saturated rings. The Balaban J connectivity index is 1.68. The minimum Gasteiger partial charge on any atom is -0.496 e. The highest BCUT2D eigenvalue weighted by Crippen LogP contribution is 2.29. The number of rotatable bonds is 6. The van der Waals surface area contributed by atoms with E-state index in [-0.39, 0.29) is 16.5 Å². The van der Waals surface area contributed by atoms with Gasteiger partial charge in [0, 0.05) is 6.07 Å². The van der Waals surface area contributed by atoms with E-state index in [2.05, 4.69) is 0 Å². The monoisotopic (exact) mass is 386 g/mol. The maximum absolute atomic E-state index is 13.0. The van der Waals surface area contributed by atoms with Gasteiger partial charge in [-0.25, -0.2) is 0 Å². The summed E-state index contributed by atoms with van der Waals surface area (Å²) in [7, 11) is 3.06. The van der Waals surface area contributed by atoms with E-state index in [0.717, 1.165) is 13.1 Å². The molecule has 0 radical (unpaired) electrons. The molecule has 0 aromatic heterocycles. The largest absolute Gasteiger partial charge is 0.496 e. The normalized spacial score (nSPS) is 14.6. The molecule has 28 heavy (non-hydrogen) atoms. The number of nitrogens with one attached hydrogen (secondary N) is 1. The standard InChI is InChI=1S/C20H23N3O5/c1-27-17-8-5-9-18(28-2)19(17)20(24)22-12-10-21(11-13-22)14-15-6-3-4-7-16(15)23(25)26/h3-9H,10-14H2,1-2H3/p+1. The zero-order valence-electron chi connectivity index (χ0n) is 16.0. The first-order valence-electron chi connectivity index (χ1n) is 9.11. The molecule has 1 aliphatic rings. The van der Waals surface area contributed by atoms with Crippen LogP contribution in [0.4, 0.5) is 5.69 Å². The van der Waals surface area contributed by atoms with E-state index in [4.69, 9.17) is 9.47 Å². The Labute approximate surface area is 163 Å². The number of piperazine rings is 1. The molecule has 1 heterocycles. The van der Waals surface area contributed by atoms with Crippen molar-refractivity contribution in [1.29, 1.82) is 0 Å². The SMILES string of the molecule is COc1cccc(OC)c1C(=O)N1CC[NH+](Cc2ccccc2[N+](=O)[O-])CC1. The van der Waals surface area contributed by atoms with E-state index in [1.807, 2.05) is 6.07 Å². The first-order valence-corrected chi connectivity index (χ1v) is 9.11. The highest BCUT2D eigenvalue weighted by molar-refractivity contribution is 5.99. The summed E-state index contributed by atoms with van der Waals surface area (Å²) in [5.41, 5.74) is 1.29. The Morgan fingerprint density at radius 1 is 1.07 bits per heavy atom. The van der Waals surface area contributed by atoms with Gasteiger partial charge in [-0.1, -0.05) is 18.2 Å². The van der Waals surface area contributed by atoms with Gasteiger partial charge in [0.2, 0.25) is 0 Å². The Bertz CT molecular complexity index is 840. The average molecular weight is 386 g/mol. The number of methoxy groups -OCH3 is 2. The lowest BCUT2D eigenvalue weighted by Crippen LogP contribution is -3.13. The molecule has 0 bridgehead atoms. The molecule has 1 saturated heterocycles. The number of hydrogen-bond donors (Lipinski definition) is 1. The van der Waals surface area contributed by atoms with Crippen molar-refractivity contribution < 1.29 is 24.1 Å². The van der Waals surface area contributed by atoms with E-state index >= 15 is 0 Å². The van der Waals surface area contributed by atoms with Gasteiger partial charge < -0.3 is 19.3 Å². The number of benzene rings is 2. The molecule has 0 atom stereocenters. The number of nitrogens with zero attached hydrogens (tertiary/aromatic N) is 2. The van der Waals surface area contributed by atoms with Crippen LogP contribution in [0.1, 0.15) is 15.9 Å². The van der Waals surface area contributed by atoms with Gasteiger partial charge in [0.1, 0.15) is 23.6 Å². The third kappa shape index (κ3) is 4.07. The molecule has 2 aromatic rings. The van der Waals surface area contributed by atoms with Crippen molar-refractivity contribution in [3.63, 3.8) is 0 Å². The van der Waals surface area contributed by atoms with E-state index in [9.17, 15) is 14.9 Å². The fourth-order valence-electron chi connectivity index (χ4n) is 3.53. The molecular formula is C20H24N3O5+. The highest BCUT2D eigenvalue weighted by atomic mass is 16.6. The van der Waals surface area contributed by atoms with Crippen LogP contribution < -0.4 is 14.4 Å². The number of nitro groups is 1. The lowest BCUT2D eigenvalue weighted by molar-refractivity contribution is -0.917. The molecule has 0 unspecified atom stereocenters. The van der Waals surface area contributed by atoms with Gasteiger partial charge in [-0.05, 0) is 18.2 Å². The van der Waals surface area contributed by atoms with Crippen LogP contribution in [0.3, 0.4) is 0 Å². The zero-order valence-corrected chi connectivity index (χ0v) is 16.0. The van der Waals surface area contributed by atoms with Crippen molar-refractivity contribution in [1.82, 2.24) is 4.90 Å². The van der Waals surface area contributed by atoms with Gasteiger partial charge in [-0.3, -0.25) is 14.9 Å². The van der Waals surface area contributed by atoms with Crippen molar-refractivity contribution in [2.75, 3.05) is 40.4 Å². The molecule has 3 rings (SSSR count). The summed E-state index contributed by atoms with van der Waals surface area (Å²) in [6.45, 7) is 3.13. The molecule has 0 aliphatic carbocycles. The lowest BCUT2D eigenvalue weighted by Gasteiger charge is -2.32. The Morgan fingerprint density at radius 3 is 2.25 bits per heavy atom. The van der Waals surface area contributed by atoms with Crippen LogP contribution in [0.25, 0.3) is 0 Å². The quantitative estimate of drug-likeness (QED) is 0.595. The topological polar surface area (TPSA) is 86.3 Å². The van der Waals surface area contributed by atoms with Gasteiger partial charge in [0.25, 0.3) is 11.6 Å². The zero-order chi connectivity index (χ0) is 20.1. The van der Waals surface area contributed by atoms with Crippen LogP contribution >= 0.6 is 0 Å². The number of ether oxygens (including phenoxy) is 2. The van der Waals surface area contributed by atoms with E-state index in [0.29, 0.717) is 42.3 Å². The Morgan fingerprint density at radius 2 is 1.68 bits per heavy atom. The Hall–Kier alpha value is -3.13. The fourth-order valence-corrected chi connectivity index (χ4v) is 3.53. The minimum absolute atomic E-state index is 0.126. The minimum atomic E-state index is -0.345. The summed E-state index contributed by atoms with van der Waals surface area (Å²) in [5, 5.41) is 11.2. The van der Waals surface area contributed by atoms with E-state index in [1.165, 1.54) is 25.2 Å². The number of quaternary nitrogens is 1. The number of carbonyl (C=O) groups excluding carboxylic acids is 1. The van der Waals surface area contributed by atoms with Crippen molar-refractivity contribution in [3.05, 3.63) is 63.7 Å². The number of hydrogen-bond acceptors (Lipinski definition) is 5. The second kappa shape index (κ2) is 8.71. The van der Waals surface area contributed by atoms with Crippen molar-refractivity contribution in [2.24, 2.45) is 0 Å². The third-order valence-corrected chi connectivity index (χ3v) is 5.03. The highest BCUT2D eigenvalue weighted by Gasteiger charge is 2.29. The van der Waals surface area contributed by atoms with Crippen LogP contribution in [0, 0.1) is 10.1 Å². The number of carbonyl (C=O) groups is 1. The summed E-state index contributed by atoms with van der Waals surface area (Å²) in [6.07, 6.45) is 0. The molecule has 8 heteroatoms. The number of para-hydroxylation sites is 1. The van der Waals surface area contributed by atoms with Crippen LogP contribution in [-0.4, -0.2) is 56.1 Å². The molecule has 1 aliphatic heterocycles. The van der Waals surface area contributed by atoms with E-state index in [1.54, 1.807) is 35.2 Å². The van der Waals surface area contributed by atoms with Crippen molar-refractivity contribution in [2.45, 2.75) is 6.54 Å². The summed E-state index contributed by atoms with van der Waals surface area (Å²) < 4.78 is 10.7. The summed E-state index contributed by atoms with van der Waals surface area (Å²) in [5.74, 6) is 0.845. The predicted octanol–water partition coefficient (Wildman–Crippen LogP) is 1.15. The van der Waals surface area contributed by atoms with Crippen LogP contribution in [0.5, 0.6) is 11.5 Å². The maximum atomic E-state index is 13.0. The summed E-state index contributed by atoms with van der Waals surface area (Å²) >= 11 is 0. The van der Waals surface area contributed by atoms with Crippen LogP contribution in [-0.2, 0) is 6.54 Å². The lowest BCUT2D eigenvalue weighted by atomic mass is 10.1. The van der Waals surface area contributed by atoms with Gasteiger partial charge in [-0.15, -0.1) is 0 Å². The van der Waals surface area contributed by atoms with E-state index < -0.39 is 0 Å². The molecule has 8 nitrogen and oxygen atoms in total. The molecule has 0 spiro atoms. The smallest absolute Gasteiger partial charge is 0.278 e. The number of nitro benzene ring substituents is 1. The van der Waals surface area contributed by atoms with Crippen molar-refractivity contribution >= 4 is 11.6 Å². The van der Waals surface area contributed by atoms with Crippen molar-refractivity contribution in [3.8, 4) is 11.5 Å². The third-order valence-electron chi connectivity index (χ3n) is 5.03. The van der Waals surface area contributed by atoms with Gasteiger partial charge >= 0.3 is 0 Å². The van der Waals surface area contributed by atoms with Gasteiger partial charge in [0.05, 0.1) is 50.9 Å². The van der Waals surface area contributed by atoms with Gasteiger partial charge in [-0.2, -0.15) is 0 Å². The fraction of sp³-hybridized carbons (Fsp3) is 0.350. The summed E-state index contributed by atoms with van der Waals surface area (Å²) in [6, 6.07) is 12.1. The molecule has 148 valence electrons. The second-order valence-corrected chi connectivity index (χ2v) is 6.64. The first kappa shape index (κ1) is 19.6. The maximum Gasteiger partial charge on any atom is 0.278 e. The number of amides is 1. The van der Waals surface area contributed by atoms with Gasteiger partial charge in [0.15, 0.2) is 0 Å². The average Bonchev–Trinajstić information content (AvgIpc) is 2.73. The Kier molecular flexibility index (Phi) is 6.10. The molecular weight excluding hydrogens is 362 g/mol. The predicted molar refractivity (Wildman–Crippen MR) is 103 cm³/mol. The van der Waals surface area contributed by atoms with Crippen LogP contribution in [0.2, 0.25) is 0 Å². The molecule has 1 amide bonds. The molecule has 2 aromatic carbocycles. The van der Waals surface area contributed by atoms with Crippen LogP contribution in [0.15, 0.2) is 42.5 Å². The summed E-state index contributed by atoms with van der Waals surface area (Å²) in [4.78, 5) is 26.9. The molecule has 0 saturated carbocycles. The first-order chi connectivity index (χ1) is 13.5. The molecule has 1 N–H and O–H groups in total.